The molecule has 0 atom stereocenters. The number of rotatable bonds is 3. The van der Waals surface area contributed by atoms with Crippen molar-refractivity contribution in [3.63, 3.8) is 0 Å². The minimum Gasteiger partial charge on any atom is -0.476 e. The summed E-state index contributed by atoms with van der Waals surface area (Å²) in [6.45, 7) is 9.02. The SMILES string of the molecule is CCOc1nc(N2CCOC(C)(C)C2)ccc1N. The maximum absolute atomic E-state index is 5.83. The van der Waals surface area contributed by atoms with Crippen molar-refractivity contribution >= 4 is 11.5 Å². The van der Waals surface area contributed by atoms with E-state index in [-0.39, 0.29) is 5.60 Å². The Morgan fingerprint density at radius 1 is 1.50 bits per heavy atom. The maximum Gasteiger partial charge on any atom is 0.239 e. The molecule has 1 aromatic heterocycles. The third kappa shape index (κ3) is 2.85. The minimum absolute atomic E-state index is 0.146. The van der Waals surface area contributed by atoms with Crippen molar-refractivity contribution in [2.24, 2.45) is 0 Å². The van der Waals surface area contributed by atoms with Gasteiger partial charge in [0.15, 0.2) is 0 Å². The first-order valence-corrected chi connectivity index (χ1v) is 6.30. The number of hydrogen-bond donors (Lipinski definition) is 1. The zero-order valence-corrected chi connectivity index (χ0v) is 11.3. The van der Waals surface area contributed by atoms with Crippen LogP contribution in [0.4, 0.5) is 11.5 Å². The first-order valence-electron chi connectivity index (χ1n) is 6.30. The van der Waals surface area contributed by atoms with Crippen molar-refractivity contribution in [2.75, 3.05) is 36.9 Å². The predicted octanol–water partition coefficient (Wildman–Crippen LogP) is 1.68. The average Bonchev–Trinajstić information content (AvgIpc) is 2.31. The number of anilines is 2. The van der Waals surface area contributed by atoms with Gasteiger partial charge in [-0.1, -0.05) is 0 Å². The normalized spacial score (nSPS) is 18.7. The van der Waals surface area contributed by atoms with Crippen LogP contribution in [0.2, 0.25) is 0 Å². The lowest BCUT2D eigenvalue weighted by molar-refractivity contribution is -0.0279. The summed E-state index contributed by atoms with van der Waals surface area (Å²) in [5.74, 6) is 1.41. The van der Waals surface area contributed by atoms with Gasteiger partial charge in [-0.3, -0.25) is 0 Å². The van der Waals surface area contributed by atoms with Gasteiger partial charge in [-0.15, -0.1) is 0 Å². The van der Waals surface area contributed by atoms with Crippen molar-refractivity contribution in [3.8, 4) is 5.88 Å². The standard InChI is InChI=1S/C13H21N3O2/c1-4-17-12-10(14)5-6-11(15-12)16-7-8-18-13(2,3)9-16/h5-6H,4,7-9,14H2,1-3H3. The second kappa shape index (κ2) is 5.02. The number of pyridine rings is 1. The van der Waals surface area contributed by atoms with Crippen molar-refractivity contribution in [3.05, 3.63) is 12.1 Å². The predicted molar refractivity (Wildman–Crippen MR) is 72.1 cm³/mol. The largest absolute Gasteiger partial charge is 0.476 e. The lowest BCUT2D eigenvalue weighted by atomic mass is 10.1. The Hall–Kier alpha value is -1.49. The fraction of sp³-hybridized carbons (Fsp3) is 0.615. The third-order valence-electron chi connectivity index (χ3n) is 2.91. The van der Waals surface area contributed by atoms with Crippen LogP contribution in [-0.2, 0) is 4.74 Å². The lowest BCUT2D eigenvalue weighted by Crippen LogP contribution is -2.48. The molecule has 0 bridgehead atoms. The molecule has 1 aliphatic rings. The average molecular weight is 251 g/mol. The fourth-order valence-corrected chi connectivity index (χ4v) is 2.08. The monoisotopic (exact) mass is 251 g/mol. The van der Waals surface area contributed by atoms with Crippen LogP contribution in [0.15, 0.2) is 12.1 Å². The molecule has 18 heavy (non-hydrogen) atoms. The molecule has 100 valence electrons. The van der Waals surface area contributed by atoms with Gasteiger partial charge in [-0.2, -0.15) is 4.98 Å². The lowest BCUT2D eigenvalue weighted by Gasteiger charge is -2.38. The molecule has 1 fully saturated rings. The van der Waals surface area contributed by atoms with Crippen LogP contribution in [0.5, 0.6) is 5.88 Å². The van der Waals surface area contributed by atoms with Crippen LogP contribution in [0.3, 0.4) is 0 Å². The van der Waals surface area contributed by atoms with Gasteiger partial charge in [0, 0.05) is 13.1 Å². The van der Waals surface area contributed by atoms with Crippen molar-refractivity contribution in [2.45, 2.75) is 26.4 Å². The van der Waals surface area contributed by atoms with Gasteiger partial charge >= 0.3 is 0 Å². The van der Waals surface area contributed by atoms with E-state index in [0.29, 0.717) is 24.8 Å². The minimum atomic E-state index is -0.146. The molecule has 0 aromatic carbocycles. The highest BCUT2D eigenvalue weighted by molar-refractivity contribution is 5.54. The zero-order chi connectivity index (χ0) is 13.2. The number of hydrogen-bond acceptors (Lipinski definition) is 5. The highest BCUT2D eigenvalue weighted by Crippen LogP contribution is 2.26. The first-order chi connectivity index (χ1) is 8.52. The Kier molecular flexibility index (Phi) is 3.61. The number of morpholine rings is 1. The number of nitrogen functional groups attached to an aromatic ring is 1. The number of ether oxygens (including phenoxy) is 2. The zero-order valence-electron chi connectivity index (χ0n) is 11.3. The quantitative estimate of drug-likeness (QED) is 0.885. The van der Waals surface area contributed by atoms with Gasteiger partial charge in [0.2, 0.25) is 5.88 Å². The fourth-order valence-electron chi connectivity index (χ4n) is 2.08. The van der Waals surface area contributed by atoms with Crippen LogP contribution < -0.4 is 15.4 Å². The second-order valence-corrected chi connectivity index (χ2v) is 5.03. The van der Waals surface area contributed by atoms with Gasteiger partial charge in [0.25, 0.3) is 0 Å². The second-order valence-electron chi connectivity index (χ2n) is 5.03. The molecule has 1 aliphatic heterocycles. The summed E-state index contributed by atoms with van der Waals surface area (Å²) in [6.07, 6.45) is 0. The summed E-state index contributed by atoms with van der Waals surface area (Å²) in [5.41, 5.74) is 6.26. The van der Waals surface area contributed by atoms with E-state index in [1.807, 2.05) is 19.1 Å². The molecule has 0 radical (unpaired) electrons. The molecule has 2 rings (SSSR count). The molecule has 5 nitrogen and oxygen atoms in total. The molecule has 0 unspecified atom stereocenters. The first kappa shape index (κ1) is 13.0. The molecule has 0 aliphatic carbocycles. The molecule has 2 heterocycles. The van der Waals surface area contributed by atoms with Crippen molar-refractivity contribution in [1.29, 1.82) is 0 Å². The summed E-state index contributed by atoms with van der Waals surface area (Å²) >= 11 is 0. The molecular weight excluding hydrogens is 230 g/mol. The molecule has 5 heteroatoms. The molecule has 0 amide bonds. The van der Waals surface area contributed by atoms with Gasteiger partial charge in [0.1, 0.15) is 5.82 Å². The number of aromatic nitrogens is 1. The molecule has 1 saturated heterocycles. The molecule has 1 aromatic rings. The van der Waals surface area contributed by atoms with E-state index in [1.165, 1.54) is 0 Å². The molecule has 0 saturated carbocycles. The molecule has 0 spiro atoms. The van der Waals surface area contributed by atoms with E-state index in [9.17, 15) is 0 Å². The summed E-state index contributed by atoms with van der Waals surface area (Å²) in [7, 11) is 0. The van der Waals surface area contributed by atoms with Crippen LogP contribution in [0.1, 0.15) is 20.8 Å². The summed E-state index contributed by atoms with van der Waals surface area (Å²) in [6, 6.07) is 3.77. The van der Waals surface area contributed by atoms with E-state index in [1.54, 1.807) is 0 Å². The van der Waals surface area contributed by atoms with Crippen molar-refractivity contribution in [1.82, 2.24) is 4.98 Å². The smallest absolute Gasteiger partial charge is 0.239 e. The van der Waals surface area contributed by atoms with E-state index in [4.69, 9.17) is 15.2 Å². The van der Waals surface area contributed by atoms with Gasteiger partial charge < -0.3 is 20.1 Å². The van der Waals surface area contributed by atoms with E-state index < -0.39 is 0 Å². The summed E-state index contributed by atoms with van der Waals surface area (Å²) < 4.78 is 11.1. The van der Waals surface area contributed by atoms with Crippen LogP contribution in [0.25, 0.3) is 0 Å². The Morgan fingerprint density at radius 2 is 2.28 bits per heavy atom. The number of nitrogens with zero attached hydrogens (tertiary/aromatic N) is 2. The summed E-state index contributed by atoms with van der Waals surface area (Å²) in [5, 5.41) is 0. The van der Waals surface area contributed by atoms with Crippen LogP contribution in [-0.4, -0.2) is 36.9 Å². The van der Waals surface area contributed by atoms with Crippen molar-refractivity contribution < 1.29 is 9.47 Å². The Morgan fingerprint density at radius 3 is 2.94 bits per heavy atom. The van der Waals surface area contributed by atoms with E-state index in [0.717, 1.165) is 18.9 Å². The summed E-state index contributed by atoms with van der Waals surface area (Å²) in [4.78, 5) is 6.67. The highest BCUT2D eigenvalue weighted by Gasteiger charge is 2.28. The van der Waals surface area contributed by atoms with Crippen LogP contribution >= 0.6 is 0 Å². The maximum atomic E-state index is 5.83. The Labute approximate surface area is 108 Å². The Balaban J connectivity index is 2.20. The Bertz CT molecular complexity index is 421. The van der Waals surface area contributed by atoms with E-state index in [2.05, 4.69) is 23.7 Å². The van der Waals surface area contributed by atoms with E-state index >= 15 is 0 Å². The third-order valence-corrected chi connectivity index (χ3v) is 2.91. The van der Waals surface area contributed by atoms with Gasteiger partial charge in [-0.05, 0) is 32.9 Å². The highest BCUT2D eigenvalue weighted by atomic mass is 16.5. The van der Waals surface area contributed by atoms with Gasteiger partial charge in [-0.25, -0.2) is 0 Å². The molecular formula is C13H21N3O2. The van der Waals surface area contributed by atoms with Gasteiger partial charge in [0.05, 0.1) is 24.5 Å². The van der Waals surface area contributed by atoms with Crippen LogP contribution in [0, 0.1) is 0 Å². The topological polar surface area (TPSA) is 60.6 Å². The number of nitrogens with two attached hydrogens (primary N) is 1. The molecule has 2 N–H and O–H groups in total.